The second-order valence-corrected chi connectivity index (χ2v) is 5.92. The molecule has 0 heterocycles. The van der Waals surface area contributed by atoms with Crippen LogP contribution in [0.15, 0.2) is 36.4 Å². The summed E-state index contributed by atoms with van der Waals surface area (Å²) < 4.78 is 5.29. The molecule has 2 aromatic rings. The van der Waals surface area contributed by atoms with E-state index in [4.69, 9.17) is 4.74 Å². The minimum absolute atomic E-state index is 0.129. The van der Waals surface area contributed by atoms with Gasteiger partial charge in [-0.05, 0) is 34.9 Å². The third-order valence-corrected chi connectivity index (χ3v) is 3.92. The summed E-state index contributed by atoms with van der Waals surface area (Å²) in [5.41, 5.74) is 1.10. The number of carbonyl (C=O) groups is 2. The highest BCUT2D eigenvalue weighted by molar-refractivity contribution is 5.95. The molecule has 0 aliphatic rings. The average molecular weight is 313 g/mol. The molecule has 0 radical (unpaired) electrons. The summed E-state index contributed by atoms with van der Waals surface area (Å²) in [6.07, 6.45) is 0.628. The molecule has 0 aliphatic heterocycles. The smallest absolute Gasteiger partial charge is 0.231 e. The van der Waals surface area contributed by atoms with Gasteiger partial charge in [0.15, 0.2) is 0 Å². The third kappa shape index (κ3) is 3.89. The SMILES string of the molecule is COc1ccc2cccc(CCN(C(C)=O)C(=O)C(C)C)c2c1. The number of carbonyl (C=O) groups excluding carboxylic acids is 2. The van der Waals surface area contributed by atoms with Crippen LogP contribution in [0.4, 0.5) is 0 Å². The van der Waals surface area contributed by atoms with E-state index >= 15 is 0 Å². The van der Waals surface area contributed by atoms with Gasteiger partial charge in [0.2, 0.25) is 11.8 Å². The number of hydrogen-bond donors (Lipinski definition) is 0. The van der Waals surface area contributed by atoms with Crippen molar-refractivity contribution in [2.24, 2.45) is 5.92 Å². The van der Waals surface area contributed by atoms with Crippen LogP contribution >= 0.6 is 0 Å². The normalized spacial score (nSPS) is 10.8. The minimum Gasteiger partial charge on any atom is -0.497 e. The highest BCUT2D eigenvalue weighted by atomic mass is 16.5. The van der Waals surface area contributed by atoms with E-state index in [1.165, 1.54) is 11.8 Å². The standard InChI is InChI=1S/C19H23NO3/c1-13(2)19(22)20(14(3)21)11-10-16-7-5-6-15-8-9-17(23-4)12-18(15)16/h5-9,12-13H,10-11H2,1-4H3. The minimum atomic E-state index is -0.207. The zero-order valence-corrected chi connectivity index (χ0v) is 14.1. The summed E-state index contributed by atoms with van der Waals surface area (Å²) in [6, 6.07) is 12.0. The van der Waals surface area contributed by atoms with Crippen LogP contribution in [-0.4, -0.2) is 30.4 Å². The van der Waals surface area contributed by atoms with Crippen molar-refractivity contribution in [1.82, 2.24) is 4.90 Å². The van der Waals surface area contributed by atoms with E-state index < -0.39 is 0 Å². The molecule has 0 atom stereocenters. The molecule has 2 aromatic carbocycles. The van der Waals surface area contributed by atoms with Crippen molar-refractivity contribution >= 4 is 22.6 Å². The topological polar surface area (TPSA) is 46.6 Å². The Morgan fingerprint density at radius 2 is 1.91 bits per heavy atom. The van der Waals surface area contributed by atoms with Crippen molar-refractivity contribution in [3.8, 4) is 5.75 Å². The number of imide groups is 1. The highest BCUT2D eigenvalue weighted by Gasteiger charge is 2.20. The van der Waals surface area contributed by atoms with Crippen molar-refractivity contribution in [3.05, 3.63) is 42.0 Å². The number of hydrogen-bond acceptors (Lipinski definition) is 3. The monoisotopic (exact) mass is 313 g/mol. The number of nitrogens with zero attached hydrogens (tertiary/aromatic N) is 1. The van der Waals surface area contributed by atoms with Crippen LogP contribution in [0.5, 0.6) is 5.75 Å². The van der Waals surface area contributed by atoms with Gasteiger partial charge in [-0.15, -0.1) is 0 Å². The maximum Gasteiger partial charge on any atom is 0.231 e. The summed E-state index contributed by atoms with van der Waals surface area (Å²) in [6.45, 7) is 5.44. The second kappa shape index (κ2) is 7.27. The molecule has 122 valence electrons. The number of ether oxygens (including phenoxy) is 1. The zero-order chi connectivity index (χ0) is 17.0. The largest absolute Gasteiger partial charge is 0.497 e. The van der Waals surface area contributed by atoms with Crippen LogP contribution < -0.4 is 4.74 Å². The van der Waals surface area contributed by atoms with Crippen LogP contribution in [0, 0.1) is 5.92 Å². The van der Waals surface area contributed by atoms with E-state index in [1.54, 1.807) is 21.0 Å². The molecule has 0 saturated carbocycles. The first-order valence-corrected chi connectivity index (χ1v) is 7.81. The fourth-order valence-electron chi connectivity index (χ4n) is 2.63. The number of methoxy groups -OCH3 is 1. The quantitative estimate of drug-likeness (QED) is 0.849. The van der Waals surface area contributed by atoms with Crippen molar-refractivity contribution in [2.75, 3.05) is 13.7 Å². The van der Waals surface area contributed by atoms with Gasteiger partial charge in [0.05, 0.1) is 7.11 Å². The van der Waals surface area contributed by atoms with Crippen molar-refractivity contribution in [2.45, 2.75) is 27.2 Å². The van der Waals surface area contributed by atoms with E-state index in [2.05, 4.69) is 0 Å². The Hall–Kier alpha value is -2.36. The molecule has 0 N–H and O–H groups in total. The van der Waals surface area contributed by atoms with E-state index in [9.17, 15) is 9.59 Å². The van der Waals surface area contributed by atoms with Gasteiger partial charge in [0, 0.05) is 19.4 Å². The van der Waals surface area contributed by atoms with Crippen molar-refractivity contribution in [1.29, 1.82) is 0 Å². The fraction of sp³-hybridized carbons (Fsp3) is 0.368. The Kier molecular flexibility index (Phi) is 5.37. The zero-order valence-electron chi connectivity index (χ0n) is 14.1. The maximum absolute atomic E-state index is 12.2. The second-order valence-electron chi connectivity index (χ2n) is 5.92. The average Bonchev–Trinajstić information content (AvgIpc) is 2.54. The molecular weight excluding hydrogens is 290 g/mol. The molecule has 0 aliphatic carbocycles. The summed E-state index contributed by atoms with van der Waals surface area (Å²) in [4.78, 5) is 25.3. The summed E-state index contributed by atoms with van der Waals surface area (Å²) in [7, 11) is 1.64. The molecule has 4 nitrogen and oxygen atoms in total. The van der Waals surface area contributed by atoms with E-state index in [0.29, 0.717) is 13.0 Å². The van der Waals surface area contributed by atoms with Gasteiger partial charge in [-0.1, -0.05) is 38.1 Å². The molecule has 2 rings (SSSR count). The predicted octanol–water partition coefficient (Wildman–Crippen LogP) is 3.42. The van der Waals surface area contributed by atoms with Crippen molar-refractivity contribution in [3.63, 3.8) is 0 Å². The van der Waals surface area contributed by atoms with E-state index in [1.807, 2.05) is 36.4 Å². The molecule has 4 heteroatoms. The summed E-state index contributed by atoms with van der Waals surface area (Å²) >= 11 is 0. The summed E-state index contributed by atoms with van der Waals surface area (Å²) in [5.74, 6) is 0.273. The molecule has 0 saturated heterocycles. The molecule has 0 aromatic heterocycles. The predicted molar refractivity (Wildman–Crippen MR) is 91.4 cm³/mol. The van der Waals surface area contributed by atoms with E-state index in [-0.39, 0.29) is 17.7 Å². The lowest BCUT2D eigenvalue weighted by Crippen LogP contribution is -2.39. The molecule has 0 unspecified atom stereocenters. The Labute approximate surface area is 137 Å². The maximum atomic E-state index is 12.2. The van der Waals surface area contributed by atoms with Gasteiger partial charge in [-0.2, -0.15) is 0 Å². The van der Waals surface area contributed by atoms with Gasteiger partial charge >= 0.3 is 0 Å². The number of rotatable bonds is 5. The lowest BCUT2D eigenvalue weighted by Gasteiger charge is -2.21. The Bertz CT molecular complexity index is 722. The van der Waals surface area contributed by atoms with Crippen LogP contribution in [0.3, 0.4) is 0 Å². The molecule has 0 fully saturated rings. The third-order valence-electron chi connectivity index (χ3n) is 3.92. The number of amides is 2. The van der Waals surface area contributed by atoms with Gasteiger partial charge in [0.1, 0.15) is 5.75 Å². The molecular formula is C19H23NO3. The van der Waals surface area contributed by atoms with Gasteiger partial charge < -0.3 is 4.74 Å². The van der Waals surface area contributed by atoms with Gasteiger partial charge in [0.25, 0.3) is 0 Å². The Balaban J connectivity index is 2.27. The Morgan fingerprint density at radius 3 is 2.52 bits per heavy atom. The first-order chi connectivity index (χ1) is 10.9. The lowest BCUT2D eigenvalue weighted by atomic mass is 10.0. The highest BCUT2D eigenvalue weighted by Crippen LogP contribution is 2.24. The van der Waals surface area contributed by atoms with Crippen LogP contribution in [0.25, 0.3) is 10.8 Å². The first-order valence-electron chi connectivity index (χ1n) is 7.81. The molecule has 2 amide bonds. The van der Waals surface area contributed by atoms with Crippen LogP contribution in [0.1, 0.15) is 26.3 Å². The Morgan fingerprint density at radius 1 is 1.17 bits per heavy atom. The van der Waals surface area contributed by atoms with E-state index in [0.717, 1.165) is 22.1 Å². The fourth-order valence-corrected chi connectivity index (χ4v) is 2.63. The number of fused-ring (bicyclic) bond motifs is 1. The van der Waals surface area contributed by atoms with Gasteiger partial charge in [-0.25, -0.2) is 0 Å². The summed E-state index contributed by atoms with van der Waals surface area (Å²) in [5, 5.41) is 2.21. The van der Waals surface area contributed by atoms with Crippen LogP contribution in [0.2, 0.25) is 0 Å². The number of benzene rings is 2. The first kappa shape index (κ1) is 17.0. The molecule has 0 bridgehead atoms. The lowest BCUT2D eigenvalue weighted by molar-refractivity contribution is -0.145. The van der Waals surface area contributed by atoms with Gasteiger partial charge in [-0.3, -0.25) is 14.5 Å². The molecule has 23 heavy (non-hydrogen) atoms. The van der Waals surface area contributed by atoms with Crippen molar-refractivity contribution < 1.29 is 14.3 Å². The van der Waals surface area contributed by atoms with Crippen LogP contribution in [-0.2, 0) is 16.0 Å². The molecule has 0 spiro atoms.